The van der Waals surface area contributed by atoms with E-state index in [1.165, 1.54) is 38.6 Å². The van der Waals surface area contributed by atoms with E-state index in [0.29, 0.717) is 17.5 Å². The normalized spacial score (nSPS) is 12.9. The van der Waals surface area contributed by atoms with Crippen LogP contribution in [0.15, 0.2) is 158 Å². The molecule has 6 aromatic carbocycles. The third kappa shape index (κ3) is 4.92. The minimum absolute atomic E-state index is 0.126. The Balaban J connectivity index is 1.18. The Labute approximate surface area is 285 Å². The molecule has 2 aromatic heterocycles. The summed E-state index contributed by atoms with van der Waals surface area (Å²) in [6.45, 7) is 4.70. The molecule has 8 aromatic rings. The van der Waals surface area contributed by atoms with Crippen molar-refractivity contribution < 1.29 is 0 Å². The zero-order valence-electron chi connectivity index (χ0n) is 27.3. The van der Waals surface area contributed by atoms with Crippen LogP contribution in [0.5, 0.6) is 0 Å². The molecule has 4 nitrogen and oxygen atoms in total. The van der Waals surface area contributed by atoms with Crippen molar-refractivity contribution >= 4 is 10.8 Å². The van der Waals surface area contributed by atoms with Crippen molar-refractivity contribution in [3.05, 3.63) is 169 Å². The third-order valence-corrected chi connectivity index (χ3v) is 9.76. The molecule has 2 heterocycles. The van der Waals surface area contributed by atoms with Crippen LogP contribution in [0.4, 0.5) is 0 Å². The summed E-state index contributed by atoms with van der Waals surface area (Å²) in [7, 11) is 0. The van der Waals surface area contributed by atoms with E-state index >= 15 is 0 Å². The molecule has 0 spiro atoms. The standard InChI is InChI=1S/C45H32N4/c1-45(2)38-19-11-18-35(40(38)37-26-25-29-12-6-7-17-36(29)41(37)45)33-15-10-16-34(28-33)44-48-42(31-13-4-3-5-14-31)47-43(49-44)32-23-21-30(22-24-32)39-20-8-9-27-46-39/h3-28H,1-2H3. The maximum absolute atomic E-state index is 5.06. The van der Waals surface area contributed by atoms with Crippen molar-refractivity contribution in [3.63, 3.8) is 0 Å². The first-order valence-corrected chi connectivity index (χ1v) is 16.6. The lowest BCUT2D eigenvalue weighted by molar-refractivity contribution is 0.666. The van der Waals surface area contributed by atoms with Crippen LogP contribution in [0.1, 0.15) is 25.0 Å². The number of nitrogens with zero attached hydrogens (tertiary/aromatic N) is 4. The summed E-state index contributed by atoms with van der Waals surface area (Å²) in [4.78, 5) is 19.6. The number of hydrogen-bond donors (Lipinski definition) is 0. The van der Waals surface area contributed by atoms with Crippen LogP contribution in [0.25, 0.3) is 78.4 Å². The number of benzene rings is 6. The fourth-order valence-corrected chi connectivity index (χ4v) is 7.39. The average Bonchev–Trinajstić information content (AvgIpc) is 3.42. The van der Waals surface area contributed by atoms with E-state index in [-0.39, 0.29) is 5.41 Å². The van der Waals surface area contributed by atoms with Gasteiger partial charge in [0.1, 0.15) is 0 Å². The van der Waals surface area contributed by atoms with Crippen molar-refractivity contribution in [2.75, 3.05) is 0 Å². The van der Waals surface area contributed by atoms with Gasteiger partial charge in [0.2, 0.25) is 0 Å². The van der Waals surface area contributed by atoms with Gasteiger partial charge in [-0.2, -0.15) is 0 Å². The Morgan fingerprint density at radius 2 is 1.08 bits per heavy atom. The first-order valence-electron chi connectivity index (χ1n) is 16.6. The molecule has 232 valence electrons. The Hall–Kier alpha value is -6.26. The molecule has 0 N–H and O–H groups in total. The zero-order valence-corrected chi connectivity index (χ0v) is 27.3. The Kier molecular flexibility index (Phi) is 6.77. The average molecular weight is 629 g/mol. The summed E-state index contributed by atoms with van der Waals surface area (Å²) >= 11 is 0. The maximum Gasteiger partial charge on any atom is 0.164 e. The smallest absolute Gasteiger partial charge is 0.164 e. The van der Waals surface area contributed by atoms with Gasteiger partial charge in [-0.3, -0.25) is 4.98 Å². The van der Waals surface area contributed by atoms with Gasteiger partial charge in [-0.1, -0.05) is 147 Å². The second kappa shape index (κ2) is 11.5. The van der Waals surface area contributed by atoms with Gasteiger partial charge in [-0.05, 0) is 62.4 Å². The molecule has 0 saturated heterocycles. The topological polar surface area (TPSA) is 51.6 Å². The number of aromatic nitrogens is 4. The van der Waals surface area contributed by atoms with E-state index in [1.807, 2.05) is 54.7 Å². The van der Waals surface area contributed by atoms with Gasteiger partial charge in [0.25, 0.3) is 0 Å². The number of fused-ring (bicyclic) bond motifs is 5. The van der Waals surface area contributed by atoms with Gasteiger partial charge >= 0.3 is 0 Å². The summed E-state index contributed by atoms with van der Waals surface area (Å²) < 4.78 is 0. The van der Waals surface area contributed by atoms with Crippen LogP contribution in [0, 0.1) is 0 Å². The highest BCUT2D eigenvalue weighted by Gasteiger charge is 2.38. The van der Waals surface area contributed by atoms with Crippen LogP contribution in [0.2, 0.25) is 0 Å². The Morgan fingerprint density at radius 1 is 0.449 bits per heavy atom. The van der Waals surface area contributed by atoms with Crippen molar-refractivity contribution in [1.29, 1.82) is 0 Å². The van der Waals surface area contributed by atoms with E-state index in [4.69, 9.17) is 15.0 Å². The molecule has 0 fully saturated rings. The van der Waals surface area contributed by atoms with Crippen LogP contribution >= 0.6 is 0 Å². The molecule has 49 heavy (non-hydrogen) atoms. The molecule has 0 aliphatic heterocycles. The lowest BCUT2D eigenvalue weighted by Crippen LogP contribution is -2.15. The first kappa shape index (κ1) is 28.9. The van der Waals surface area contributed by atoms with Gasteiger partial charge in [0, 0.05) is 33.9 Å². The van der Waals surface area contributed by atoms with Crippen LogP contribution in [0.3, 0.4) is 0 Å². The highest BCUT2D eigenvalue weighted by atomic mass is 15.0. The zero-order chi connectivity index (χ0) is 33.0. The third-order valence-electron chi connectivity index (χ3n) is 9.76. The van der Waals surface area contributed by atoms with Gasteiger partial charge in [-0.15, -0.1) is 0 Å². The molecular formula is C45H32N4. The number of rotatable bonds is 5. The molecule has 0 amide bonds. The van der Waals surface area contributed by atoms with Crippen molar-refractivity contribution in [2.45, 2.75) is 19.3 Å². The highest BCUT2D eigenvalue weighted by molar-refractivity contribution is 6.01. The summed E-state index contributed by atoms with van der Waals surface area (Å²) in [6.07, 6.45) is 1.81. The lowest BCUT2D eigenvalue weighted by Gasteiger charge is -2.23. The van der Waals surface area contributed by atoms with Gasteiger partial charge in [-0.25, -0.2) is 15.0 Å². The monoisotopic (exact) mass is 628 g/mol. The molecule has 4 heteroatoms. The fraction of sp³-hybridized carbons (Fsp3) is 0.0667. The Morgan fingerprint density at radius 3 is 1.86 bits per heavy atom. The van der Waals surface area contributed by atoms with E-state index in [1.54, 1.807) is 0 Å². The molecule has 0 bridgehead atoms. The van der Waals surface area contributed by atoms with Gasteiger partial charge in [0.05, 0.1) is 5.69 Å². The minimum atomic E-state index is -0.126. The fourth-order valence-electron chi connectivity index (χ4n) is 7.39. The molecule has 0 atom stereocenters. The summed E-state index contributed by atoms with van der Waals surface area (Å²) in [6, 6.07) is 53.0. The highest BCUT2D eigenvalue weighted by Crippen LogP contribution is 2.54. The van der Waals surface area contributed by atoms with Crippen molar-refractivity contribution in [3.8, 4) is 67.7 Å². The van der Waals surface area contributed by atoms with Crippen LogP contribution in [-0.2, 0) is 5.41 Å². The quantitative estimate of drug-likeness (QED) is 0.190. The predicted octanol–water partition coefficient (Wildman–Crippen LogP) is 11.1. The number of hydrogen-bond acceptors (Lipinski definition) is 4. The van der Waals surface area contributed by atoms with Crippen LogP contribution in [-0.4, -0.2) is 19.9 Å². The summed E-state index contributed by atoms with van der Waals surface area (Å²) in [5.74, 6) is 1.91. The maximum atomic E-state index is 5.06. The molecule has 0 unspecified atom stereocenters. The predicted molar refractivity (Wildman–Crippen MR) is 200 cm³/mol. The molecule has 0 saturated carbocycles. The van der Waals surface area contributed by atoms with E-state index in [0.717, 1.165) is 33.5 Å². The van der Waals surface area contributed by atoms with Crippen molar-refractivity contribution in [2.24, 2.45) is 0 Å². The summed E-state index contributed by atoms with van der Waals surface area (Å²) in [5, 5.41) is 2.59. The lowest BCUT2D eigenvalue weighted by atomic mass is 9.80. The molecular weight excluding hydrogens is 597 g/mol. The first-order chi connectivity index (χ1) is 24.0. The SMILES string of the molecule is CC1(C)c2cccc(-c3cccc(-c4nc(-c5ccccc5)nc(-c5ccc(-c6ccccn6)cc5)n4)c3)c2-c2ccc3ccccc3c21. The van der Waals surface area contributed by atoms with E-state index < -0.39 is 0 Å². The molecule has 9 rings (SSSR count). The Bertz CT molecular complexity index is 2500. The second-order valence-electron chi connectivity index (χ2n) is 13.1. The van der Waals surface area contributed by atoms with E-state index in [9.17, 15) is 0 Å². The second-order valence-corrected chi connectivity index (χ2v) is 13.1. The van der Waals surface area contributed by atoms with Gasteiger partial charge < -0.3 is 0 Å². The minimum Gasteiger partial charge on any atom is -0.256 e. The van der Waals surface area contributed by atoms with Crippen molar-refractivity contribution in [1.82, 2.24) is 19.9 Å². The van der Waals surface area contributed by atoms with E-state index in [2.05, 4.69) is 122 Å². The number of pyridine rings is 1. The summed E-state index contributed by atoms with van der Waals surface area (Å²) in [5.41, 5.74) is 12.4. The van der Waals surface area contributed by atoms with Gasteiger partial charge in [0.15, 0.2) is 17.5 Å². The molecule has 1 aliphatic carbocycles. The largest absolute Gasteiger partial charge is 0.256 e. The van der Waals surface area contributed by atoms with Crippen LogP contribution < -0.4 is 0 Å². The molecule has 0 radical (unpaired) electrons. The molecule has 1 aliphatic rings.